The van der Waals surface area contributed by atoms with Gasteiger partial charge in [-0.25, -0.2) is 17.8 Å². The molecule has 1 aromatic carbocycles. The monoisotopic (exact) mass is 486 g/mol. The van der Waals surface area contributed by atoms with Crippen molar-refractivity contribution in [3.63, 3.8) is 0 Å². The molecule has 0 radical (unpaired) electrons. The van der Waals surface area contributed by atoms with E-state index in [9.17, 15) is 13.2 Å². The number of nitrogens with zero attached hydrogens (tertiary/aromatic N) is 3. The van der Waals surface area contributed by atoms with Crippen LogP contribution in [0.3, 0.4) is 0 Å². The summed E-state index contributed by atoms with van der Waals surface area (Å²) in [7, 11) is -3.24. The van der Waals surface area contributed by atoms with Crippen LogP contribution in [0.2, 0.25) is 10.0 Å². The first kappa shape index (κ1) is 24.0. The smallest absolute Gasteiger partial charge is 0.227 e. The molecule has 3 rings (SSSR count). The topological polar surface area (TPSA) is 84.3 Å². The Morgan fingerprint density at radius 3 is 2.48 bits per heavy atom. The molecule has 1 fully saturated rings. The Bertz CT molecular complexity index is 1060. The molecule has 1 aliphatic heterocycles. The number of carbonyl (C=O) groups excluding carboxylic acids is 1. The van der Waals surface area contributed by atoms with Gasteiger partial charge in [-0.15, -0.1) is 0 Å². The first-order valence-electron chi connectivity index (χ1n) is 10.4. The summed E-state index contributed by atoms with van der Waals surface area (Å²) < 4.78 is 28.5. The molecular formula is C21H28Cl2N4O3S. The van der Waals surface area contributed by atoms with Gasteiger partial charge in [-0.05, 0) is 51.3 Å². The van der Waals surface area contributed by atoms with Crippen LogP contribution in [0.1, 0.15) is 43.1 Å². The third-order valence-corrected chi connectivity index (χ3v) is 7.96. The molecule has 2 aromatic rings. The second kappa shape index (κ2) is 9.90. The number of aromatic nitrogens is 2. The zero-order valence-electron chi connectivity index (χ0n) is 18.0. The SMILES string of the molecule is CCCS(=O)(=O)NC1CCN(C(=O)Cc2c(C)nn(-c3ccc(Cl)c(Cl)c3)c2C)CC1. The number of amides is 1. The van der Waals surface area contributed by atoms with Crippen LogP contribution < -0.4 is 4.72 Å². The lowest BCUT2D eigenvalue weighted by Crippen LogP contribution is -2.47. The van der Waals surface area contributed by atoms with Crippen LogP contribution in [0.25, 0.3) is 5.69 Å². The van der Waals surface area contributed by atoms with E-state index < -0.39 is 10.0 Å². The first-order valence-corrected chi connectivity index (χ1v) is 12.8. The summed E-state index contributed by atoms with van der Waals surface area (Å²) in [5.41, 5.74) is 3.35. The molecule has 1 amide bonds. The standard InChI is InChI=1S/C21H28Cl2N4O3S/c1-4-11-31(29,30)25-16-7-9-26(10-8-16)21(28)13-18-14(2)24-27(15(18)3)17-5-6-19(22)20(23)12-17/h5-6,12,16,25H,4,7-11,13H2,1-3H3. The summed E-state index contributed by atoms with van der Waals surface area (Å²) in [6.45, 7) is 6.74. The minimum Gasteiger partial charge on any atom is -0.342 e. The number of hydrogen-bond acceptors (Lipinski definition) is 4. The number of aryl methyl sites for hydroxylation is 1. The molecule has 0 saturated carbocycles. The number of nitrogens with one attached hydrogen (secondary N) is 1. The maximum atomic E-state index is 12.9. The van der Waals surface area contributed by atoms with Crippen molar-refractivity contribution in [1.82, 2.24) is 19.4 Å². The van der Waals surface area contributed by atoms with Gasteiger partial charge in [0, 0.05) is 30.4 Å². The molecule has 0 atom stereocenters. The zero-order valence-corrected chi connectivity index (χ0v) is 20.3. The van der Waals surface area contributed by atoms with Crippen molar-refractivity contribution in [2.24, 2.45) is 0 Å². The van der Waals surface area contributed by atoms with Crippen LogP contribution in [-0.2, 0) is 21.2 Å². The van der Waals surface area contributed by atoms with E-state index in [0.29, 0.717) is 42.4 Å². The predicted molar refractivity (Wildman–Crippen MR) is 124 cm³/mol. The normalized spacial score (nSPS) is 15.5. The fourth-order valence-corrected chi connectivity index (χ4v) is 5.58. The molecule has 2 heterocycles. The number of halogens is 2. The van der Waals surface area contributed by atoms with Crippen molar-refractivity contribution in [3.8, 4) is 5.69 Å². The minimum atomic E-state index is -3.24. The molecule has 170 valence electrons. The quantitative estimate of drug-likeness (QED) is 0.646. The van der Waals surface area contributed by atoms with Gasteiger partial charge in [0.25, 0.3) is 0 Å². The van der Waals surface area contributed by atoms with Crippen LogP contribution in [-0.4, -0.2) is 53.9 Å². The van der Waals surface area contributed by atoms with E-state index in [4.69, 9.17) is 23.2 Å². The van der Waals surface area contributed by atoms with Crippen molar-refractivity contribution in [2.45, 2.75) is 52.5 Å². The average Bonchev–Trinajstić information content (AvgIpc) is 2.98. The molecule has 10 heteroatoms. The van der Waals surface area contributed by atoms with E-state index in [1.165, 1.54) is 0 Å². The highest BCUT2D eigenvalue weighted by molar-refractivity contribution is 7.89. The summed E-state index contributed by atoms with van der Waals surface area (Å²) in [4.78, 5) is 14.7. The molecule has 31 heavy (non-hydrogen) atoms. The van der Waals surface area contributed by atoms with E-state index >= 15 is 0 Å². The zero-order chi connectivity index (χ0) is 22.8. The van der Waals surface area contributed by atoms with Gasteiger partial charge in [0.1, 0.15) is 0 Å². The van der Waals surface area contributed by atoms with Crippen LogP contribution in [0.5, 0.6) is 0 Å². The van der Waals surface area contributed by atoms with Crippen molar-refractivity contribution in [3.05, 3.63) is 45.2 Å². The maximum Gasteiger partial charge on any atom is 0.227 e. The lowest BCUT2D eigenvalue weighted by Gasteiger charge is -2.32. The van der Waals surface area contributed by atoms with E-state index in [-0.39, 0.29) is 24.1 Å². The molecule has 0 bridgehead atoms. The maximum absolute atomic E-state index is 12.9. The largest absolute Gasteiger partial charge is 0.342 e. The number of rotatable bonds is 7. The van der Waals surface area contributed by atoms with Crippen LogP contribution in [0.15, 0.2) is 18.2 Å². The highest BCUT2D eigenvalue weighted by Crippen LogP contribution is 2.26. The Morgan fingerprint density at radius 1 is 1.19 bits per heavy atom. The summed E-state index contributed by atoms with van der Waals surface area (Å²) >= 11 is 12.2. The van der Waals surface area contributed by atoms with Gasteiger partial charge < -0.3 is 4.90 Å². The summed E-state index contributed by atoms with van der Waals surface area (Å²) in [5, 5.41) is 5.51. The van der Waals surface area contributed by atoms with Gasteiger partial charge in [0.05, 0.1) is 33.6 Å². The number of carbonyl (C=O) groups is 1. The Hall–Kier alpha value is -1.61. The Balaban J connectivity index is 1.65. The average molecular weight is 487 g/mol. The summed E-state index contributed by atoms with van der Waals surface area (Å²) in [6.07, 6.45) is 2.08. The van der Waals surface area contributed by atoms with Gasteiger partial charge in [0.2, 0.25) is 15.9 Å². The van der Waals surface area contributed by atoms with Crippen molar-refractivity contribution >= 4 is 39.1 Å². The molecule has 1 aromatic heterocycles. The number of benzene rings is 1. The van der Waals surface area contributed by atoms with E-state index in [1.807, 2.05) is 26.8 Å². The van der Waals surface area contributed by atoms with Crippen molar-refractivity contribution in [1.29, 1.82) is 0 Å². The summed E-state index contributed by atoms with van der Waals surface area (Å²) in [5.74, 6) is 0.155. The fourth-order valence-electron chi connectivity index (χ4n) is 3.89. The lowest BCUT2D eigenvalue weighted by atomic mass is 10.0. The van der Waals surface area contributed by atoms with Crippen LogP contribution >= 0.6 is 23.2 Å². The van der Waals surface area contributed by atoms with Crippen LogP contribution in [0, 0.1) is 13.8 Å². The Labute approximate surface area is 193 Å². The second-order valence-corrected chi connectivity index (χ2v) is 10.6. The van der Waals surface area contributed by atoms with Crippen molar-refractivity contribution in [2.75, 3.05) is 18.8 Å². The highest BCUT2D eigenvalue weighted by atomic mass is 35.5. The first-order chi connectivity index (χ1) is 14.6. The molecule has 7 nitrogen and oxygen atoms in total. The fraction of sp³-hybridized carbons (Fsp3) is 0.524. The molecular weight excluding hydrogens is 459 g/mol. The molecule has 1 N–H and O–H groups in total. The molecule has 1 saturated heterocycles. The number of likely N-dealkylation sites (tertiary alicyclic amines) is 1. The minimum absolute atomic E-state index is 0.0229. The molecule has 0 unspecified atom stereocenters. The highest BCUT2D eigenvalue weighted by Gasteiger charge is 2.27. The van der Waals surface area contributed by atoms with Crippen LogP contribution in [0.4, 0.5) is 0 Å². The number of piperidine rings is 1. The van der Waals surface area contributed by atoms with E-state index in [2.05, 4.69) is 9.82 Å². The van der Waals surface area contributed by atoms with Gasteiger partial charge >= 0.3 is 0 Å². The number of sulfonamides is 1. The Morgan fingerprint density at radius 2 is 1.87 bits per heavy atom. The third-order valence-electron chi connectivity index (χ3n) is 5.58. The van der Waals surface area contributed by atoms with Gasteiger partial charge in [-0.2, -0.15) is 5.10 Å². The van der Waals surface area contributed by atoms with E-state index in [0.717, 1.165) is 22.6 Å². The van der Waals surface area contributed by atoms with Gasteiger partial charge in [0.15, 0.2) is 0 Å². The molecule has 0 aliphatic carbocycles. The predicted octanol–water partition coefficient (Wildman–Crippen LogP) is 3.66. The van der Waals surface area contributed by atoms with Gasteiger partial charge in [-0.1, -0.05) is 30.1 Å². The third kappa shape index (κ3) is 5.80. The molecule has 1 aliphatic rings. The van der Waals surface area contributed by atoms with Crippen molar-refractivity contribution < 1.29 is 13.2 Å². The lowest BCUT2D eigenvalue weighted by molar-refractivity contribution is -0.131. The van der Waals surface area contributed by atoms with Gasteiger partial charge in [-0.3, -0.25) is 4.79 Å². The molecule has 0 spiro atoms. The summed E-state index contributed by atoms with van der Waals surface area (Å²) in [6, 6.07) is 5.20. The van der Waals surface area contributed by atoms with E-state index in [1.54, 1.807) is 21.7 Å². The number of hydrogen-bond donors (Lipinski definition) is 1. The Kier molecular flexibility index (Phi) is 7.68. The second-order valence-electron chi connectivity index (χ2n) is 7.93.